The maximum atomic E-state index is 12.0. The SMILES string of the molecule is C[C@@H](Oc1ccc(I)cc1)C(=O)NC(=O)NC1CCCCC1. The van der Waals surface area contributed by atoms with E-state index in [1.165, 1.54) is 6.42 Å². The van der Waals surface area contributed by atoms with Gasteiger partial charge in [-0.15, -0.1) is 0 Å². The molecule has 0 saturated heterocycles. The van der Waals surface area contributed by atoms with E-state index in [9.17, 15) is 9.59 Å². The van der Waals surface area contributed by atoms with Gasteiger partial charge in [-0.3, -0.25) is 10.1 Å². The highest BCUT2D eigenvalue weighted by atomic mass is 127. The smallest absolute Gasteiger partial charge is 0.321 e. The van der Waals surface area contributed by atoms with Gasteiger partial charge in [0, 0.05) is 9.61 Å². The van der Waals surface area contributed by atoms with Crippen LogP contribution < -0.4 is 15.4 Å². The van der Waals surface area contributed by atoms with Crippen LogP contribution in [0.2, 0.25) is 0 Å². The van der Waals surface area contributed by atoms with Crippen molar-refractivity contribution < 1.29 is 14.3 Å². The second-order valence-corrected chi connectivity index (χ2v) is 6.76. The molecule has 1 aromatic carbocycles. The van der Waals surface area contributed by atoms with Crippen molar-refractivity contribution in [2.45, 2.75) is 51.2 Å². The van der Waals surface area contributed by atoms with E-state index in [0.29, 0.717) is 5.75 Å². The zero-order valence-electron chi connectivity index (χ0n) is 12.6. The summed E-state index contributed by atoms with van der Waals surface area (Å²) < 4.78 is 6.62. The van der Waals surface area contributed by atoms with Gasteiger partial charge >= 0.3 is 6.03 Å². The van der Waals surface area contributed by atoms with Gasteiger partial charge in [0.1, 0.15) is 5.75 Å². The minimum atomic E-state index is -0.725. The summed E-state index contributed by atoms with van der Waals surface area (Å²) in [5, 5.41) is 5.19. The van der Waals surface area contributed by atoms with Crippen molar-refractivity contribution in [1.82, 2.24) is 10.6 Å². The maximum Gasteiger partial charge on any atom is 0.321 e. The van der Waals surface area contributed by atoms with E-state index in [-0.39, 0.29) is 6.04 Å². The van der Waals surface area contributed by atoms with E-state index in [1.54, 1.807) is 19.1 Å². The lowest BCUT2D eigenvalue weighted by atomic mass is 9.96. The summed E-state index contributed by atoms with van der Waals surface area (Å²) in [6, 6.07) is 7.14. The van der Waals surface area contributed by atoms with Crippen LogP contribution in [0.1, 0.15) is 39.0 Å². The molecular weight excluding hydrogens is 395 g/mol. The molecule has 1 atom stereocenters. The Morgan fingerprint density at radius 1 is 1.18 bits per heavy atom. The number of amides is 3. The second-order valence-electron chi connectivity index (χ2n) is 5.51. The Kier molecular flexibility index (Phi) is 6.48. The Balaban J connectivity index is 1.77. The molecule has 2 N–H and O–H groups in total. The number of hydrogen-bond donors (Lipinski definition) is 2. The average molecular weight is 416 g/mol. The number of rotatable bonds is 4. The molecular formula is C16H21IN2O3. The van der Waals surface area contributed by atoms with Crippen LogP contribution in [0.4, 0.5) is 4.79 Å². The summed E-state index contributed by atoms with van der Waals surface area (Å²) >= 11 is 2.20. The monoisotopic (exact) mass is 416 g/mol. The molecule has 0 aliphatic heterocycles. The fraction of sp³-hybridized carbons (Fsp3) is 0.500. The molecule has 1 aliphatic rings. The van der Waals surface area contributed by atoms with Gasteiger partial charge < -0.3 is 10.1 Å². The quantitative estimate of drug-likeness (QED) is 0.741. The van der Waals surface area contributed by atoms with Gasteiger partial charge in [0.15, 0.2) is 6.10 Å². The summed E-state index contributed by atoms with van der Waals surface area (Å²) in [6.07, 6.45) is 4.72. The molecule has 6 heteroatoms. The molecule has 1 fully saturated rings. The van der Waals surface area contributed by atoms with Gasteiger partial charge in [-0.25, -0.2) is 4.79 Å². The van der Waals surface area contributed by atoms with Crippen molar-refractivity contribution in [3.05, 3.63) is 27.8 Å². The number of benzene rings is 1. The zero-order chi connectivity index (χ0) is 15.9. The summed E-state index contributed by atoms with van der Waals surface area (Å²) in [6.45, 7) is 1.63. The predicted octanol–water partition coefficient (Wildman–Crippen LogP) is 3.22. The van der Waals surface area contributed by atoms with Crippen LogP contribution in [-0.4, -0.2) is 24.1 Å². The molecule has 0 heterocycles. The number of carbonyl (C=O) groups is 2. The third-order valence-electron chi connectivity index (χ3n) is 3.67. The van der Waals surface area contributed by atoms with Gasteiger partial charge in [-0.05, 0) is 66.6 Å². The van der Waals surface area contributed by atoms with E-state index in [4.69, 9.17) is 4.74 Å². The Bertz CT molecular complexity index is 513. The molecule has 1 aromatic rings. The van der Waals surface area contributed by atoms with Gasteiger partial charge in [-0.2, -0.15) is 0 Å². The third-order valence-corrected chi connectivity index (χ3v) is 4.39. The molecule has 120 valence electrons. The second kappa shape index (κ2) is 8.36. The topological polar surface area (TPSA) is 67.4 Å². The first-order valence-corrected chi connectivity index (χ1v) is 8.66. The normalized spacial score (nSPS) is 16.6. The van der Waals surface area contributed by atoms with Gasteiger partial charge in [0.05, 0.1) is 0 Å². The molecule has 0 aromatic heterocycles. The van der Waals surface area contributed by atoms with Crippen molar-refractivity contribution in [1.29, 1.82) is 0 Å². The van der Waals surface area contributed by atoms with Crippen LogP contribution in [-0.2, 0) is 4.79 Å². The summed E-state index contributed by atoms with van der Waals surface area (Å²) in [4.78, 5) is 23.8. The van der Waals surface area contributed by atoms with Crippen LogP contribution in [0.3, 0.4) is 0 Å². The number of hydrogen-bond acceptors (Lipinski definition) is 3. The van der Waals surface area contributed by atoms with Gasteiger partial charge in [0.25, 0.3) is 5.91 Å². The first-order valence-electron chi connectivity index (χ1n) is 7.58. The van der Waals surface area contributed by atoms with Crippen molar-refractivity contribution in [2.24, 2.45) is 0 Å². The van der Waals surface area contributed by atoms with Crippen molar-refractivity contribution >= 4 is 34.5 Å². The maximum absolute atomic E-state index is 12.0. The minimum absolute atomic E-state index is 0.175. The molecule has 22 heavy (non-hydrogen) atoms. The molecule has 2 rings (SSSR count). The van der Waals surface area contributed by atoms with Crippen LogP contribution in [0, 0.1) is 3.57 Å². The average Bonchev–Trinajstić information content (AvgIpc) is 2.50. The highest BCUT2D eigenvalue weighted by Gasteiger charge is 2.20. The number of imide groups is 1. The van der Waals surface area contributed by atoms with Crippen molar-refractivity contribution in [3.8, 4) is 5.75 Å². The largest absolute Gasteiger partial charge is 0.481 e. The number of carbonyl (C=O) groups excluding carboxylic acids is 2. The van der Waals surface area contributed by atoms with E-state index in [1.807, 2.05) is 12.1 Å². The number of nitrogens with one attached hydrogen (secondary N) is 2. The first kappa shape index (κ1) is 17.1. The van der Waals surface area contributed by atoms with Crippen LogP contribution in [0.25, 0.3) is 0 Å². The van der Waals surface area contributed by atoms with Crippen molar-refractivity contribution in [2.75, 3.05) is 0 Å². The third kappa shape index (κ3) is 5.47. The van der Waals surface area contributed by atoms with Crippen molar-refractivity contribution in [3.63, 3.8) is 0 Å². The van der Waals surface area contributed by atoms with Crippen LogP contribution >= 0.6 is 22.6 Å². The molecule has 5 nitrogen and oxygen atoms in total. The lowest BCUT2D eigenvalue weighted by Gasteiger charge is -2.23. The minimum Gasteiger partial charge on any atom is -0.481 e. The molecule has 0 bridgehead atoms. The Labute approximate surface area is 144 Å². The summed E-state index contributed by atoms with van der Waals surface area (Å²) in [5.74, 6) is 0.169. The van der Waals surface area contributed by atoms with Crippen LogP contribution in [0.5, 0.6) is 5.75 Å². The van der Waals surface area contributed by atoms with Gasteiger partial charge in [-0.1, -0.05) is 19.3 Å². The van der Waals surface area contributed by atoms with E-state index in [2.05, 4.69) is 33.2 Å². The van der Waals surface area contributed by atoms with Crippen LogP contribution in [0.15, 0.2) is 24.3 Å². The number of halogens is 1. The van der Waals surface area contributed by atoms with Gasteiger partial charge in [0.2, 0.25) is 0 Å². The Morgan fingerprint density at radius 2 is 1.82 bits per heavy atom. The molecule has 1 saturated carbocycles. The molecule has 1 aliphatic carbocycles. The lowest BCUT2D eigenvalue weighted by molar-refractivity contribution is -0.126. The number of ether oxygens (including phenoxy) is 1. The highest BCUT2D eigenvalue weighted by molar-refractivity contribution is 14.1. The summed E-state index contributed by atoms with van der Waals surface area (Å²) in [5.41, 5.74) is 0. The molecule has 3 amide bonds. The molecule has 0 radical (unpaired) electrons. The summed E-state index contributed by atoms with van der Waals surface area (Å²) in [7, 11) is 0. The number of urea groups is 1. The van der Waals surface area contributed by atoms with E-state index < -0.39 is 18.0 Å². The lowest BCUT2D eigenvalue weighted by Crippen LogP contribution is -2.48. The molecule has 0 spiro atoms. The fourth-order valence-electron chi connectivity index (χ4n) is 2.45. The standard InChI is InChI=1S/C16H21IN2O3/c1-11(22-14-9-7-12(17)8-10-14)15(20)19-16(21)18-13-5-3-2-4-6-13/h7-11,13H,2-6H2,1H3,(H2,18,19,20,21)/t11-/m1/s1. The predicted molar refractivity (Wildman–Crippen MR) is 92.8 cm³/mol. The zero-order valence-corrected chi connectivity index (χ0v) is 14.8. The molecule has 0 unspecified atom stereocenters. The first-order chi connectivity index (χ1) is 10.5. The van der Waals surface area contributed by atoms with E-state index >= 15 is 0 Å². The fourth-order valence-corrected chi connectivity index (χ4v) is 2.81. The Hall–Kier alpha value is -1.31. The Morgan fingerprint density at radius 3 is 2.45 bits per heavy atom. The highest BCUT2D eigenvalue weighted by Crippen LogP contribution is 2.17. The van der Waals surface area contributed by atoms with E-state index in [0.717, 1.165) is 29.3 Å².